The molecule has 1 aliphatic heterocycles. The van der Waals surface area contributed by atoms with Gasteiger partial charge in [-0.1, -0.05) is 12.8 Å². The van der Waals surface area contributed by atoms with E-state index in [4.69, 9.17) is 5.73 Å². The summed E-state index contributed by atoms with van der Waals surface area (Å²) in [7, 11) is 0. The highest BCUT2D eigenvalue weighted by molar-refractivity contribution is 6.13. The van der Waals surface area contributed by atoms with Gasteiger partial charge in [-0.05, 0) is 25.0 Å². The van der Waals surface area contributed by atoms with E-state index in [-0.39, 0.29) is 28.9 Å². The summed E-state index contributed by atoms with van der Waals surface area (Å²) in [5.74, 6) is -0.948. The van der Waals surface area contributed by atoms with Gasteiger partial charge in [0.25, 0.3) is 0 Å². The summed E-state index contributed by atoms with van der Waals surface area (Å²) < 4.78 is 27.1. The number of aromatic nitrogens is 4. The Morgan fingerprint density at radius 1 is 1.06 bits per heavy atom. The van der Waals surface area contributed by atoms with Gasteiger partial charge < -0.3 is 10.8 Å². The van der Waals surface area contributed by atoms with E-state index in [1.165, 1.54) is 17.3 Å². The summed E-state index contributed by atoms with van der Waals surface area (Å²) in [4.78, 5) is 31.9. The first-order valence-electron chi connectivity index (χ1n) is 9.84. The molecule has 8 nitrogen and oxygen atoms in total. The van der Waals surface area contributed by atoms with Crippen LogP contribution in [0.15, 0.2) is 30.6 Å². The summed E-state index contributed by atoms with van der Waals surface area (Å²) in [6.07, 6.45) is 5.81. The molecular weight excluding hydrogens is 406 g/mol. The zero-order chi connectivity index (χ0) is 21.8. The molecule has 0 radical (unpaired) electrons. The van der Waals surface area contributed by atoms with Crippen molar-refractivity contribution in [3.63, 3.8) is 0 Å². The Morgan fingerprint density at radius 3 is 2.32 bits per heavy atom. The van der Waals surface area contributed by atoms with E-state index >= 15 is 0 Å². The summed E-state index contributed by atoms with van der Waals surface area (Å²) in [5.41, 5.74) is 6.48. The number of aliphatic hydroxyl groups excluding tert-OH is 1. The predicted octanol–water partition coefficient (Wildman–Crippen LogP) is 2.78. The minimum absolute atomic E-state index is 0.108. The molecule has 158 valence electrons. The molecule has 1 fully saturated rings. The van der Waals surface area contributed by atoms with Crippen molar-refractivity contribution in [2.75, 3.05) is 10.6 Å². The van der Waals surface area contributed by atoms with Crippen LogP contribution in [0.4, 0.5) is 26.1 Å². The van der Waals surface area contributed by atoms with Gasteiger partial charge >= 0.3 is 0 Å². The van der Waals surface area contributed by atoms with Crippen LogP contribution >= 0.6 is 0 Å². The maximum absolute atomic E-state index is 13.6. The molecule has 1 amide bonds. The van der Waals surface area contributed by atoms with Gasteiger partial charge in [0.05, 0.1) is 29.1 Å². The molecule has 5 rings (SSSR count). The number of rotatable bonds is 3. The molecule has 1 aliphatic carbocycles. The summed E-state index contributed by atoms with van der Waals surface area (Å²) in [5, 5.41) is 9.51. The lowest BCUT2D eigenvalue weighted by molar-refractivity contribution is -0.122. The fraction of sp³-hybridized carbons (Fsp3) is 0.286. The number of nitrogens with zero attached hydrogens (tertiary/aromatic N) is 5. The summed E-state index contributed by atoms with van der Waals surface area (Å²) in [6.45, 7) is -0.424. The molecule has 0 saturated heterocycles. The molecule has 3 heterocycles. The molecule has 1 aromatic carbocycles. The van der Waals surface area contributed by atoms with Crippen LogP contribution in [0.2, 0.25) is 0 Å². The van der Waals surface area contributed by atoms with E-state index in [1.54, 1.807) is 0 Å². The quantitative estimate of drug-likeness (QED) is 0.664. The third-order valence-electron chi connectivity index (χ3n) is 5.88. The number of halogens is 2. The zero-order valence-corrected chi connectivity index (χ0v) is 16.3. The number of nitrogens with two attached hydrogens (primary N) is 1. The van der Waals surface area contributed by atoms with Gasteiger partial charge in [-0.2, -0.15) is 0 Å². The molecular formula is C21H18F2N6O2. The van der Waals surface area contributed by atoms with Crippen molar-refractivity contribution in [2.45, 2.75) is 37.7 Å². The van der Waals surface area contributed by atoms with Crippen molar-refractivity contribution in [1.29, 1.82) is 0 Å². The molecule has 0 atom stereocenters. The number of fused-ring (bicyclic) bond motifs is 2. The van der Waals surface area contributed by atoms with Crippen molar-refractivity contribution in [3.05, 3.63) is 53.6 Å². The topological polar surface area (TPSA) is 118 Å². The smallest absolute Gasteiger partial charge is 0.243 e. The zero-order valence-electron chi connectivity index (χ0n) is 16.3. The second-order valence-corrected chi connectivity index (χ2v) is 7.73. The Balaban J connectivity index is 1.61. The number of anilines is 3. The fourth-order valence-corrected chi connectivity index (χ4v) is 4.57. The van der Waals surface area contributed by atoms with Gasteiger partial charge in [-0.15, -0.1) is 0 Å². The average molecular weight is 424 g/mol. The van der Waals surface area contributed by atoms with E-state index in [0.29, 0.717) is 29.9 Å². The Kier molecular flexibility index (Phi) is 4.40. The van der Waals surface area contributed by atoms with Crippen molar-refractivity contribution in [3.8, 4) is 11.4 Å². The van der Waals surface area contributed by atoms with E-state index in [2.05, 4.69) is 19.9 Å². The van der Waals surface area contributed by atoms with Gasteiger partial charge in [0.2, 0.25) is 5.91 Å². The molecule has 3 N–H and O–H groups in total. The Bertz CT molecular complexity index is 1170. The van der Waals surface area contributed by atoms with Crippen molar-refractivity contribution in [1.82, 2.24) is 19.9 Å². The molecule has 0 bridgehead atoms. The maximum Gasteiger partial charge on any atom is 0.243 e. The van der Waals surface area contributed by atoms with Crippen molar-refractivity contribution in [2.24, 2.45) is 0 Å². The SMILES string of the molecule is Nc1nc(CO)nc2c1C1(CCCC1)C(=O)N2c1cnc(-c2cc(F)cc(F)c2)nc1. The second kappa shape index (κ2) is 7.02. The first kappa shape index (κ1) is 19.4. The van der Waals surface area contributed by atoms with Crippen LogP contribution in [0.1, 0.15) is 37.1 Å². The summed E-state index contributed by atoms with van der Waals surface area (Å²) in [6, 6.07) is 3.02. The highest BCUT2D eigenvalue weighted by atomic mass is 19.1. The fourth-order valence-electron chi connectivity index (χ4n) is 4.57. The van der Waals surface area contributed by atoms with Crippen LogP contribution in [0.5, 0.6) is 0 Å². The number of nitrogen functional groups attached to an aromatic ring is 1. The third-order valence-corrected chi connectivity index (χ3v) is 5.88. The van der Waals surface area contributed by atoms with Crippen LogP contribution in [-0.2, 0) is 16.8 Å². The predicted molar refractivity (Wildman–Crippen MR) is 107 cm³/mol. The number of hydrogen-bond acceptors (Lipinski definition) is 7. The van der Waals surface area contributed by atoms with Crippen molar-refractivity contribution < 1.29 is 18.7 Å². The van der Waals surface area contributed by atoms with Gasteiger partial charge in [-0.25, -0.2) is 28.7 Å². The molecule has 2 aromatic heterocycles. The maximum atomic E-state index is 13.6. The van der Waals surface area contributed by atoms with E-state index in [9.17, 15) is 18.7 Å². The lowest BCUT2D eigenvalue weighted by atomic mass is 9.80. The Morgan fingerprint density at radius 2 is 1.71 bits per heavy atom. The van der Waals surface area contributed by atoms with Crippen LogP contribution in [-0.4, -0.2) is 30.9 Å². The number of hydrogen-bond donors (Lipinski definition) is 2. The highest BCUT2D eigenvalue weighted by Crippen LogP contribution is 2.54. The lowest BCUT2D eigenvalue weighted by Crippen LogP contribution is -2.36. The van der Waals surface area contributed by atoms with Crippen molar-refractivity contribution >= 4 is 23.2 Å². The number of aliphatic hydroxyl groups is 1. The molecule has 2 aliphatic rings. The number of carbonyl (C=O) groups excluding carboxylic acids is 1. The monoisotopic (exact) mass is 424 g/mol. The van der Waals surface area contributed by atoms with Gasteiger partial charge in [-0.3, -0.25) is 9.69 Å². The Hall–Kier alpha value is -3.53. The molecule has 10 heteroatoms. The number of carbonyl (C=O) groups is 1. The second-order valence-electron chi connectivity index (χ2n) is 7.73. The van der Waals surface area contributed by atoms with Crippen LogP contribution < -0.4 is 10.6 Å². The summed E-state index contributed by atoms with van der Waals surface area (Å²) >= 11 is 0. The molecule has 31 heavy (non-hydrogen) atoms. The minimum atomic E-state index is -0.808. The van der Waals surface area contributed by atoms with Gasteiger partial charge in [0.1, 0.15) is 29.9 Å². The molecule has 0 unspecified atom stereocenters. The minimum Gasteiger partial charge on any atom is -0.388 e. The Labute approximate surface area is 175 Å². The molecule has 3 aromatic rings. The van der Waals surface area contributed by atoms with Gasteiger partial charge in [0, 0.05) is 11.6 Å². The standard InChI is InChI=1S/C21H18F2N6O2/c22-12-5-11(6-13(23)7-12)18-25-8-14(9-26-18)29-19-16(17(24)27-15(10-30)28-19)21(20(29)31)3-1-2-4-21/h5-9,30H,1-4,10H2,(H2,24,27,28). The van der Waals surface area contributed by atoms with E-state index < -0.39 is 23.7 Å². The normalized spacial score (nSPS) is 16.9. The first-order chi connectivity index (χ1) is 14.9. The average Bonchev–Trinajstić information content (AvgIpc) is 3.32. The molecule has 1 saturated carbocycles. The van der Waals surface area contributed by atoms with Crippen LogP contribution in [0, 0.1) is 11.6 Å². The number of amides is 1. The third kappa shape index (κ3) is 2.94. The van der Waals surface area contributed by atoms with Crippen LogP contribution in [0.3, 0.4) is 0 Å². The van der Waals surface area contributed by atoms with E-state index in [1.807, 2.05) is 0 Å². The largest absolute Gasteiger partial charge is 0.388 e. The highest BCUT2D eigenvalue weighted by Gasteiger charge is 2.55. The molecule has 1 spiro atoms. The lowest BCUT2D eigenvalue weighted by Gasteiger charge is -2.23. The number of benzene rings is 1. The van der Waals surface area contributed by atoms with Crippen LogP contribution in [0.25, 0.3) is 11.4 Å². The first-order valence-corrected chi connectivity index (χ1v) is 9.84. The van der Waals surface area contributed by atoms with E-state index in [0.717, 1.165) is 31.0 Å². The van der Waals surface area contributed by atoms with Gasteiger partial charge in [0.15, 0.2) is 11.6 Å².